The van der Waals surface area contributed by atoms with Crippen molar-refractivity contribution in [1.29, 1.82) is 0 Å². The molecule has 0 aliphatic rings. The Morgan fingerprint density at radius 3 is 2.42 bits per heavy atom. The lowest BCUT2D eigenvalue weighted by molar-refractivity contribution is 0.674. The van der Waals surface area contributed by atoms with Crippen LogP contribution in [0.25, 0.3) is 0 Å². The summed E-state index contributed by atoms with van der Waals surface area (Å²) in [5.41, 5.74) is 8.83. The van der Waals surface area contributed by atoms with Gasteiger partial charge in [0.1, 0.15) is 0 Å². The van der Waals surface area contributed by atoms with Gasteiger partial charge in [0.25, 0.3) is 0 Å². The van der Waals surface area contributed by atoms with Crippen molar-refractivity contribution in [1.82, 2.24) is 15.0 Å². The molecule has 0 fully saturated rings. The number of nitrogens with two attached hydrogens (primary N) is 1. The molecule has 2 N–H and O–H groups in total. The van der Waals surface area contributed by atoms with Gasteiger partial charge in [0, 0.05) is 28.5 Å². The van der Waals surface area contributed by atoms with E-state index in [1.807, 2.05) is 38.2 Å². The van der Waals surface area contributed by atoms with E-state index in [0.29, 0.717) is 0 Å². The summed E-state index contributed by atoms with van der Waals surface area (Å²) in [6, 6.07) is 5.96. The molecule has 4 nitrogen and oxygen atoms in total. The van der Waals surface area contributed by atoms with Crippen molar-refractivity contribution < 1.29 is 0 Å². The summed E-state index contributed by atoms with van der Waals surface area (Å²) in [5, 5.41) is 0.756. The van der Waals surface area contributed by atoms with Crippen molar-refractivity contribution >= 4 is 11.8 Å². The monoisotopic (exact) mass is 274 g/mol. The van der Waals surface area contributed by atoms with E-state index in [9.17, 15) is 0 Å². The van der Waals surface area contributed by atoms with Crippen LogP contribution in [0.4, 0.5) is 0 Å². The van der Waals surface area contributed by atoms with Gasteiger partial charge in [-0.15, -0.1) is 0 Å². The van der Waals surface area contributed by atoms with E-state index in [-0.39, 0.29) is 6.04 Å². The number of hydrogen-bond donors (Lipinski definition) is 1. The Labute approximate surface area is 117 Å². The summed E-state index contributed by atoms with van der Waals surface area (Å²) < 4.78 is 0. The summed E-state index contributed by atoms with van der Waals surface area (Å²) in [5.74, 6) is 0. The molecule has 0 aliphatic carbocycles. The van der Waals surface area contributed by atoms with Gasteiger partial charge in [-0.05, 0) is 50.2 Å². The first kappa shape index (κ1) is 14.0. The molecule has 100 valence electrons. The molecule has 2 aromatic rings. The summed E-state index contributed by atoms with van der Waals surface area (Å²) in [4.78, 5) is 14.2. The van der Waals surface area contributed by atoms with E-state index in [1.165, 1.54) is 11.8 Å². The van der Waals surface area contributed by atoms with Crippen molar-refractivity contribution in [3.8, 4) is 0 Å². The smallest absolute Gasteiger partial charge is 0.192 e. The summed E-state index contributed by atoms with van der Waals surface area (Å²) in [6.07, 6.45) is 2.72. The average molecular weight is 274 g/mol. The van der Waals surface area contributed by atoms with Gasteiger partial charge >= 0.3 is 0 Å². The summed E-state index contributed by atoms with van der Waals surface area (Å²) in [6.45, 7) is 6.00. The molecular weight excluding hydrogens is 256 g/mol. The normalized spacial score (nSPS) is 12.4. The van der Waals surface area contributed by atoms with Crippen LogP contribution in [-0.4, -0.2) is 15.0 Å². The minimum absolute atomic E-state index is 0.0107. The molecule has 0 spiro atoms. The second-order valence-corrected chi connectivity index (χ2v) is 5.51. The molecule has 2 aromatic heterocycles. The number of aromatic nitrogens is 3. The van der Waals surface area contributed by atoms with Gasteiger partial charge in [-0.1, -0.05) is 6.92 Å². The lowest BCUT2D eigenvalue weighted by atomic mass is 10.1. The molecule has 0 aromatic carbocycles. The van der Waals surface area contributed by atoms with E-state index in [2.05, 4.69) is 21.9 Å². The fraction of sp³-hybridized carbons (Fsp3) is 0.357. The van der Waals surface area contributed by atoms with Crippen molar-refractivity contribution in [3.63, 3.8) is 0 Å². The predicted octanol–water partition coefficient (Wildman–Crippen LogP) is 3.05. The number of rotatable bonds is 4. The van der Waals surface area contributed by atoms with Crippen LogP contribution in [0.15, 0.2) is 34.4 Å². The number of aryl methyl sites for hydroxylation is 2. The van der Waals surface area contributed by atoms with E-state index in [0.717, 1.165) is 33.6 Å². The van der Waals surface area contributed by atoms with Crippen LogP contribution in [0.5, 0.6) is 0 Å². The average Bonchev–Trinajstić information content (AvgIpc) is 2.37. The highest BCUT2D eigenvalue weighted by molar-refractivity contribution is 7.99. The summed E-state index contributed by atoms with van der Waals surface area (Å²) in [7, 11) is 0. The Morgan fingerprint density at radius 1 is 1.21 bits per heavy atom. The predicted molar refractivity (Wildman–Crippen MR) is 77.1 cm³/mol. The molecule has 0 radical (unpaired) electrons. The third kappa shape index (κ3) is 3.75. The molecule has 2 heterocycles. The largest absolute Gasteiger partial charge is 0.323 e. The van der Waals surface area contributed by atoms with Crippen LogP contribution in [0, 0.1) is 13.8 Å². The number of hydrogen-bond acceptors (Lipinski definition) is 5. The highest BCUT2D eigenvalue weighted by Gasteiger charge is 2.06. The molecule has 0 saturated heterocycles. The maximum atomic E-state index is 5.94. The van der Waals surface area contributed by atoms with Crippen molar-refractivity contribution in [2.45, 2.75) is 43.3 Å². The molecule has 5 heteroatoms. The highest BCUT2D eigenvalue weighted by Crippen LogP contribution is 2.25. The van der Waals surface area contributed by atoms with Crippen molar-refractivity contribution in [2.75, 3.05) is 0 Å². The van der Waals surface area contributed by atoms with Crippen molar-refractivity contribution in [2.24, 2.45) is 5.73 Å². The van der Waals surface area contributed by atoms with E-state index < -0.39 is 0 Å². The molecule has 1 atom stereocenters. The molecular formula is C14H18N4S. The Morgan fingerprint density at radius 2 is 1.89 bits per heavy atom. The Kier molecular flexibility index (Phi) is 4.50. The first-order valence-electron chi connectivity index (χ1n) is 6.30. The third-order valence-corrected chi connectivity index (χ3v) is 3.59. The zero-order valence-electron chi connectivity index (χ0n) is 11.4. The minimum atomic E-state index is 0.0107. The van der Waals surface area contributed by atoms with Gasteiger partial charge < -0.3 is 5.73 Å². The zero-order valence-corrected chi connectivity index (χ0v) is 12.2. The SMILES string of the molecule is CCC(N)c1ccc(Sc2nc(C)cc(C)n2)cn1. The second-order valence-electron chi connectivity index (χ2n) is 4.47. The molecule has 1 unspecified atom stereocenters. The fourth-order valence-electron chi connectivity index (χ4n) is 1.73. The van der Waals surface area contributed by atoms with Gasteiger partial charge in [-0.2, -0.15) is 0 Å². The van der Waals surface area contributed by atoms with Crippen LogP contribution in [0.2, 0.25) is 0 Å². The lowest BCUT2D eigenvalue weighted by Gasteiger charge is -2.08. The standard InChI is InChI=1S/C14H18N4S/c1-4-12(15)13-6-5-11(8-16-13)19-14-17-9(2)7-10(3)18-14/h5-8,12H,4,15H2,1-3H3. The Bertz CT molecular complexity index is 534. The minimum Gasteiger partial charge on any atom is -0.323 e. The van der Waals surface area contributed by atoms with Crippen molar-refractivity contribution in [3.05, 3.63) is 41.5 Å². The molecule has 19 heavy (non-hydrogen) atoms. The molecule has 0 aliphatic heterocycles. The lowest BCUT2D eigenvalue weighted by Crippen LogP contribution is -2.10. The van der Waals surface area contributed by atoms with E-state index in [4.69, 9.17) is 5.73 Å². The highest BCUT2D eigenvalue weighted by atomic mass is 32.2. The first-order chi connectivity index (χ1) is 9.08. The quantitative estimate of drug-likeness (QED) is 0.868. The number of nitrogens with zero attached hydrogens (tertiary/aromatic N) is 3. The van der Waals surface area contributed by atoms with Gasteiger partial charge in [0.15, 0.2) is 5.16 Å². The Hall–Kier alpha value is -1.46. The second kappa shape index (κ2) is 6.12. The van der Waals surface area contributed by atoms with E-state index >= 15 is 0 Å². The number of pyridine rings is 1. The van der Waals surface area contributed by atoms with Gasteiger partial charge in [0.05, 0.1) is 5.69 Å². The topological polar surface area (TPSA) is 64.7 Å². The van der Waals surface area contributed by atoms with Crippen LogP contribution in [-0.2, 0) is 0 Å². The van der Waals surface area contributed by atoms with Crippen LogP contribution in [0.3, 0.4) is 0 Å². The maximum Gasteiger partial charge on any atom is 0.192 e. The van der Waals surface area contributed by atoms with Crippen LogP contribution in [0.1, 0.15) is 36.5 Å². The summed E-state index contributed by atoms with van der Waals surface area (Å²) >= 11 is 1.52. The third-order valence-electron chi connectivity index (χ3n) is 2.75. The maximum absolute atomic E-state index is 5.94. The molecule has 0 bridgehead atoms. The molecule has 0 amide bonds. The van der Waals surface area contributed by atoms with E-state index in [1.54, 1.807) is 0 Å². The van der Waals surface area contributed by atoms with Gasteiger partial charge in [-0.25, -0.2) is 9.97 Å². The van der Waals surface area contributed by atoms with Crippen LogP contribution >= 0.6 is 11.8 Å². The van der Waals surface area contributed by atoms with Crippen LogP contribution < -0.4 is 5.73 Å². The van der Waals surface area contributed by atoms with Gasteiger partial charge in [-0.3, -0.25) is 4.98 Å². The fourth-order valence-corrected chi connectivity index (χ4v) is 2.56. The Balaban J connectivity index is 2.15. The van der Waals surface area contributed by atoms with Gasteiger partial charge in [0.2, 0.25) is 0 Å². The first-order valence-corrected chi connectivity index (χ1v) is 7.12. The molecule has 0 saturated carbocycles. The molecule has 2 rings (SSSR count). The zero-order chi connectivity index (χ0) is 13.8.